The van der Waals surface area contributed by atoms with E-state index in [9.17, 15) is 9.59 Å². The summed E-state index contributed by atoms with van der Waals surface area (Å²) in [4.78, 5) is 22.7. The van der Waals surface area contributed by atoms with Crippen LogP contribution in [0.5, 0.6) is 0 Å². The van der Waals surface area contributed by atoms with E-state index in [-0.39, 0.29) is 11.8 Å². The molecule has 0 unspecified atom stereocenters. The van der Waals surface area contributed by atoms with Gasteiger partial charge in [-0.15, -0.1) is 0 Å². The fourth-order valence-corrected chi connectivity index (χ4v) is 2.38. The van der Waals surface area contributed by atoms with E-state index in [0.29, 0.717) is 19.5 Å². The SMILES string of the molecule is CC(=O)NCCCNC(=O)Cc1cn(C)c2ccccc12. The zero-order chi connectivity index (χ0) is 15.2. The summed E-state index contributed by atoms with van der Waals surface area (Å²) >= 11 is 0. The number of hydrogen-bond donors (Lipinski definition) is 2. The van der Waals surface area contributed by atoms with Gasteiger partial charge in [0.05, 0.1) is 6.42 Å². The molecule has 0 aliphatic carbocycles. The van der Waals surface area contributed by atoms with Crippen molar-refractivity contribution in [2.75, 3.05) is 13.1 Å². The van der Waals surface area contributed by atoms with E-state index in [4.69, 9.17) is 0 Å². The number of nitrogens with zero attached hydrogens (tertiary/aromatic N) is 1. The van der Waals surface area contributed by atoms with Crippen molar-refractivity contribution < 1.29 is 9.59 Å². The minimum absolute atomic E-state index is 0.00850. The minimum atomic E-state index is -0.0444. The Morgan fingerprint density at radius 3 is 2.62 bits per heavy atom. The lowest BCUT2D eigenvalue weighted by atomic mass is 10.1. The van der Waals surface area contributed by atoms with Crippen molar-refractivity contribution in [1.82, 2.24) is 15.2 Å². The van der Waals surface area contributed by atoms with Crippen molar-refractivity contribution in [3.05, 3.63) is 36.0 Å². The van der Waals surface area contributed by atoms with Gasteiger partial charge in [-0.05, 0) is 18.1 Å². The number of benzene rings is 1. The number of amides is 2. The van der Waals surface area contributed by atoms with Crippen molar-refractivity contribution >= 4 is 22.7 Å². The lowest BCUT2D eigenvalue weighted by Gasteiger charge is -2.05. The summed E-state index contributed by atoms with van der Waals surface area (Å²) in [5.41, 5.74) is 2.17. The van der Waals surface area contributed by atoms with Gasteiger partial charge in [0.1, 0.15) is 0 Å². The summed E-state index contributed by atoms with van der Waals surface area (Å²) in [5.74, 6) is -0.0359. The second-order valence-corrected chi connectivity index (χ2v) is 5.15. The number of hydrogen-bond acceptors (Lipinski definition) is 2. The largest absolute Gasteiger partial charge is 0.356 e. The van der Waals surface area contributed by atoms with E-state index in [1.54, 1.807) is 0 Å². The van der Waals surface area contributed by atoms with E-state index >= 15 is 0 Å². The van der Waals surface area contributed by atoms with Gasteiger partial charge >= 0.3 is 0 Å². The molecule has 0 bridgehead atoms. The number of carbonyl (C=O) groups excluding carboxylic acids is 2. The Bertz CT molecular complexity index is 646. The molecule has 2 rings (SSSR count). The lowest BCUT2D eigenvalue weighted by Crippen LogP contribution is -2.29. The molecular weight excluding hydrogens is 266 g/mol. The first-order valence-electron chi connectivity index (χ1n) is 7.12. The van der Waals surface area contributed by atoms with Gasteiger partial charge < -0.3 is 15.2 Å². The Hall–Kier alpha value is -2.30. The fourth-order valence-electron chi connectivity index (χ4n) is 2.38. The summed E-state index contributed by atoms with van der Waals surface area (Å²) in [6.45, 7) is 2.65. The van der Waals surface area contributed by atoms with E-state index < -0.39 is 0 Å². The standard InChI is InChI=1S/C16H21N3O2/c1-12(20)17-8-5-9-18-16(21)10-13-11-19(2)15-7-4-3-6-14(13)15/h3-4,6-7,11H,5,8-10H2,1-2H3,(H,17,20)(H,18,21). The third-order valence-electron chi connectivity index (χ3n) is 3.38. The highest BCUT2D eigenvalue weighted by Gasteiger charge is 2.09. The van der Waals surface area contributed by atoms with Gasteiger partial charge in [-0.1, -0.05) is 18.2 Å². The summed E-state index contributed by atoms with van der Waals surface area (Å²) < 4.78 is 2.04. The van der Waals surface area contributed by atoms with Crippen molar-refractivity contribution in [2.24, 2.45) is 7.05 Å². The zero-order valence-corrected chi connectivity index (χ0v) is 12.5. The maximum absolute atomic E-state index is 12.0. The second kappa shape index (κ2) is 6.92. The van der Waals surface area contributed by atoms with Gasteiger partial charge in [0.25, 0.3) is 0 Å². The van der Waals surface area contributed by atoms with Gasteiger partial charge in [0.15, 0.2) is 0 Å². The molecule has 2 aromatic rings. The van der Waals surface area contributed by atoms with E-state index in [0.717, 1.165) is 22.9 Å². The van der Waals surface area contributed by atoms with Crippen LogP contribution < -0.4 is 10.6 Å². The maximum atomic E-state index is 12.0. The quantitative estimate of drug-likeness (QED) is 0.788. The monoisotopic (exact) mass is 287 g/mol. The topological polar surface area (TPSA) is 63.1 Å². The highest BCUT2D eigenvalue weighted by Crippen LogP contribution is 2.20. The van der Waals surface area contributed by atoms with Gasteiger partial charge in [0.2, 0.25) is 11.8 Å². The number of rotatable bonds is 6. The van der Waals surface area contributed by atoms with Crippen molar-refractivity contribution in [3.8, 4) is 0 Å². The Labute approximate surface area is 124 Å². The van der Waals surface area contributed by atoms with Crippen LogP contribution in [-0.2, 0) is 23.1 Å². The number of fused-ring (bicyclic) bond motifs is 1. The Morgan fingerprint density at radius 1 is 1.14 bits per heavy atom. The Morgan fingerprint density at radius 2 is 1.86 bits per heavy atom. The molecule has 1 aromatic carbocycles. The normalized spacial score (nSPS) is 10.6. The predicted octanol–water partition coefficient (Wildman–Crippen LogP) is 1.36. The third kappa shape index (κ3) is 4.08. The molecule has 0 saturated heterocycles. The number of aryl methyl sites for hydroxylation is 1. The Balaban J connectivity index is 1.86. The molecule has 1 heterocycles. The number of carbonyl (C=O) groups is 2. The summed E-state index contributed by atoms with van der Waals surface area (Å²) in [6, 6.07) is 8.06. The molecule has 2 amide bonds. The van der Waals surface area contributed by atoms with Crippen LogP contribution in [0, 0.1) is 0 Å². The summed E-state index contributed by atoms with van der Waals surface area (Å²) in [5, 5.41) is 6.70. The predicted molar refractivity (Wildman–Crippen MR) is 82.9 cm³/mol. The molecule has 1 aromatic heterocycles. The van der Waals surface area contributed by atoms with Gasteiger partial charge in [-0.2, -0.15) is 0 Å². The third-order valence-corrected chi connectivity index (χ3v) is 3.38. The molecule has 0 aliphatic rings. The first kappa shape index (κ1) is 15.1. The first-order valence-corrected chi connectivity index (χ1v) is 7.12. The molecule has 112 valence electrons. The van der Waals surface area contributed by atoms with Crippen LogP contribution in [0.15, 0.2) is 30.5 Å². The molecule has 0 radical (unpaired) electrons. The van der Waals surface area contributed by atoms with Crippen LogP contribution in [0.3, 0.4) is 0 Å². The van der Waals surface area contributed by atoms with Gasteiger partial charge in [-0.3, -0.25) is 9.59 Å². The van der Waals surface area contributed by atoms with Gasteiger partial charge in [-0.25, -0.2) is 0 Å². The molecule has 21 heavy (non-hydrogen) atoms. The number of aromatic nitrogens is 1. The fraction of sp³-hybridized carbons (Fsp3) is 0.375. The van der Waals surface area contributed by atoms with Crippen LogP contribution in [0.1, 0.15) is 18.9 Å². The molecule has 2 N–H and O–H groups in total. The number of para-hydroxylation sites is 1. The summed E-state index contributed by atoms with van der Waals surface area (Å²) in [6.07, 6.45) is 3.11. The van der Waals surface area contributed by atoms with E-state index in [1.807, 2.05) is 42.1 Å². The van der Waals surface area contributed by atoms with Crippen LogP contribution in [-0.4, -0.2) is 29.5 Å². The van der Waals surface area contributed by atoms with Crippen LogP contribution >= 0.6 is 0 Å². The Kier molecular flexibility index (Phi) is 4.98. The van der Waals surface area contributed by atoms with Gasteiger partial charge in [0, 0.05) is 44.2 Å². The zero-order valence-electron chi connectivity index (χ0n) is 12.5. The molecule has 0 aliphatic heterocycles. The van der Waals surface area contributed by atoms with Crippen molar-refractivity contribution in [3.63, 3.8) is 0 Å². The molecule has 0 atom stereocenters. The molecule has 5 heteroatoms. The van der Waals surface area contributed by atoms with E-state index in [1.165, 1.54) is 6.92 Å². The van der Waals surface area contributed by atoms with Crippen molar-refractivity contribution in [2.45, 2.75) is 19.8 Å². The smallest absolute Gasteiger partial charge is 0.224 e. The number of nitrogens with one attached hydrogen (secondary N) is 2. The maximum Gasteiger partial charge on any atom is 0.224 e. The lowest BCUT2D eigenvalue weighted by molar-refractivity contribution is -0.120. The van der Waals surface area contributed by atoms with Crippen LogP contribution in [0.2, 0.25) is 0 Å². The van der Waals surface area contributed by atoms with Crippen LogP contribution in [0.4, 0.5) is 0 Å². The molecule has 0 fully saturated rings. The average molecular weight is 287 g/mol. The summed E-state index contributed by atoms with van der Waals surface area (Å²) in [7, 11) is 1.98. The highest BCUT2D eigenvalue weighted by atomic mass is 16.2. The second-order valence-electron chi connectivity index (χ2n) is 5.15. The molecule has 5 nitrogen and oxygen atoms in total. The van der Waals surface area contributed by atoms with Crippen LogP contribution in [0.25, 0.3) is 10.9 Å². The molecular formula is C16H21N3O2. The first-order chi connectivity index (χ1) is 10.1. The molecule has 0 spiro atoms. The molecule has 0 saturated carbocycles. The average Bonchev–Trinajstić information content (AvgIpc) is 2.75. The minimum Gasteiger partial charge on any atom is -0.356 e. The van der Waals surface area contributed by atoms with E-state index in [2.05, 4.69) is 10.6 Å². The highest BCUT2D eigenvalue weighted by molar-refractivity contribution is 5.89. The van der Waals surface area contributed by atoms with Crippen molar-refractivity contribution in [1.29, 1.82) is 0 Å².